The molecular weight excluding hydrogens is 567 g/mol. The van der Waals surface area contributed by atoms with Crippen molar-refractivity contribution in [3.63, 3.8) is 0 Å². The summed E-state index contributed by atoms with van der Waals surface area (Å²) in [7, 11) is 0. The first-order chi connectivity index (χ1) is 16.0. The van der Waals surface area contributed by atoms with Crippen LogP contribution in [0.2, 0.25) is 5.02 Å². The molecule has 0 N–H and O–H groups in total. The minimum atomic E-state index is -0.254. The zero-order valence-corrected chi connectivity index (χ0v) is 21.1. The maximum atomic E-state index is 13.1. The average Bonchev–Trinajstić information content (AvgIpc) is 3.27. The maximum Gasteiger partial charge on any atom is 0.293 e. The number of hydrogen-bond donors (Lipinski definition) is 0. The lowest BCUT2D eigenvalue weighted by atomic mass is 10.1. The summed E-state index contributed by atoms with van der Waals surface area (Å²) in [6.45, 7) is 0.929. The first kappa shape index (κ1) is 22.3. The van der Waals surface area contributed by atoms with E-state index in [1.165, 1.54) is 4.90 Å². The van der Waals surface area contributed by atoms with Gasteiger partial charge in [0.25, 0.3) is 11.1 Å². The van der Waals surface area contributed by atoms with E-state index >= 15 is 0 Å². The highest BCUT2D eigenvalue weighted by Gasteiger charge is 2.35. The molecule has 7 heteroatoms. The van der Waals surface area contributed by atoms with Crippen molar-refractivity contribution < 1.29 is 9.59 Å². The molecule has 2 heterocycles. The topological polar surface area (TPSA) is 42.3 Å². The number of carbonyl (C=O) groups is 2. The van der Waals surface area contributed by atoms with Crippen LogP contribution in [0, 0.1) is 3.57 Å². The van der Waals surface area contributed by atoms with Gasteiger partial charge in [0.15, 0.2) is 0 Å². The minimum Gasteiger partial charge on any atom is -0.342 e. The van der Waals surface area contributed by atoms with Gasteiger partial charge < -0.3 is 4.57 Å². The minimum absolute atomic E-state index is 0.243. The number of amides is 2. The fraction of sp³-hybridized carbons (Fsp3) is 0.0769. The summed E-state index contributed by atoms with van der Waals surface area (Å²) in [6, 6.07) is 23.7. The van der Waals surface area contributed by atoms with E-state index in [-0.39, 0.29) is 17.7 Å². The molecule has 0 spiro atoms. The van der Waals surface area contributed by atoms with Gasteiger partial charge in [0.1, 0.15) is 0 Å². The Bertz CT molecular complexity index is 1410. The lowest BCUT2D eigenvalue weighted by molar-refractivity contribution is -0.123. The predicted molar refractivity (Wildman–Crippen MR) is 143 cm³/mol. The average molecular weight is 585 g/mol. The Kier molecular flexibility index (Phi) is 6.32. The van der Waals surface area contributed by atoms with Gasteiger partial charge in [-0.3, -0.25) is 14.5 Å². The number of halogens is 2. The van der Waals surface area contributed by atoms with Gasteiger partial charge in [0.2, 0.25) is 0 Å². The highest BCUT2D eigenvalue weighted by molar-refractivity contribution is 14.1. The second-order valence-electron chi connectivity index (χ2n) is 7.75. The number of nitrogens with zero attached hydrogens (tertiary/aromatic N) is 2. The van der Waals surface area contributed by atoms with E-state index in [2.05, 4.69) is 33.2 Å². The largest absolute Gasteiger partial charge is 0.342 e. The van der Waals surface area contributed by atoms with Crippen molar-refractivity contribution >= 4 is 74.1 Å². The van der Waals surface area contributed by atoms with Gasteiger partial charge in [-0.15, -0.1) is 0 Å². The van der Waals surface area contributed by atoms with Crippen LogP contribution in [-0.4, -0.2) is 20.6 Å². The molecule has 33 heavy (non-hydrogen) atoms. The second-order valence-corrected chi connectivity index (χ2v) is 10.4. The standard InChI is InChI=1S/C26H18ClIN2O2S/c27-20-5-3-4-18(12-20)14-29-16-19(22-6-1-2-7-23(22)29)13-24-25(31)30(26(32)33-24)15-17-8-10-21(28)11-9-17/h1-13,16H,14-15H2/b24-13-. The van der Waals surface area contributed by atoms with Crippen molar-refractivity contribution in [1.29, 1.82) is 0 Å². The molecule has 0 atom stereocenters. The molecule has 4 aromatic rings. The van der Waals surface area contributed by atoms with Gasteiger partial charge in [0, 0.05) is 37.8 Å². The van der Waals surface area contributed by atoms with Crippen LogP contribution in [-0.2, 0) is 17.9 Å². The second kappa shape index (κ2) is 9.37. The number of thioether (sulfide) groups is 1. The Morgan fingerprint density at radius 1 is 0.909 bits per heavy atom. The van der Waals surface area contributed by atoms with Crippen molar-refractivity contribution in [3.8, 4) is 0 Å². The van der Waals surface area contributed by atoms with Crippen molar-refractivity contribution in [1.82, 2.24) is 9.47 Å². The molecule has 1 saturated heterocycles. The Morgan fingerprint density at radius 3 is 2.48 bits per heavy atom. The monoisotopic (exact) mass is 584 g/mol. The molecule has 0 aliphatic carbocycles. The Balaban J connectivity index is 1.45. The summed E-state index contributed by atoms with van der Waals surface area (Å²) in [6.07, 6.45) is 3.86. The number of rotatable bonds is 5. The lowest BCUT2D eigenvalue weighted by Gasteiger charge is -2.12. The number of aromatic nitrogens is 1. The summed E-state index contributed by atoms with van der Waals surface area (Å²) in [5.41, 5.74) is 3.99. The summed E-state index contributed by atoms with van der Waals surface area (Å²) in [5, 5.41) is 1.49. The number of hydrogen-bond acceptors (Lipinski definition) is 3. The van der Waals surface area contributed by atoms with E-state index in [0.29, 0.717) is 16.5 Å². The normalized spacial score (nSPS) is 15.2. The number of carbonyl (C=O) groups excluding carboxylic acids is 2. The molecule has 0 unspecified atom stereocenters. The molecule has 4 nitrogen and oxygen atoms in total. The smallest absolute Gasteiger partial charge is 0.293 e. The van der Waals surface area contributed by atoms with E-state index in [4.69, 9.17) is 11.6 Å². The van der Waals surface area contributed by atoms with Crippen LogP contribution in [0.25, 0.3) is 17.0 Å². The van der Waals surface area contributed by atoms with Crippen LogP contribution in [0.15, 0.2) is 83.9 Å². The van der Waals surface area contributed by atoms with Gasteiger partial charge in [-0.25, -0.2) is 0 Å². The molecule has 3 aromatic carbocycles. The molecule has 2 amide bonds. The fourth-order valence-electron chi connectivity index (χ4n) is 3.90. The molecule has 1 aliphatic rings. The van der Waals surface area contributed by atoms with E-state index in [1.54, 1.807) is 0 Å². The Labute approximate surface area is 214 Å². The Hall–Kier alpha value is -2.55. The third-order valence-electron chi connectivity index (χ3n) is 5.48. The van der Waals surface area contributed by atoms with Crippen molar-refractivity contribution in [2.45, 2.75) is 13.1 Å². The molecule has 0 saturated carbocycles. The fourth-order valence-corrected chi connectivity index (χ4v) is 5.30. The quantitative estimate of drug-likeness (QED) is 0.184. The predicted octanol–water partition coefficient (Wildman–Crippen LogP) is 7.18. The van der Waals surface area contributed by atoms with Crippen molar-refractivity contribution in [3.05, 3.63) is 109 Å². The first-order valence-corrected chi connectivity index (χ1v) is 12.6. The number of para-hydroxylation sites is 1. The highest BCUT2D eigenvalue weighted by atomic mass is 127. The number of imide groups is 1. The van der Waals surface area contributed by atoms with E-state index in [1.807, 2.05) is 79.0 Å². The first-order valence-electron chi connectivity index (χ1n) is 10.3. The molecule has 0 bridgehead atoms. The molecule has 5 rings (SSSR count). The third-order valence-corrected chi connectivity index (χ3v) is 7.34. The van der Waals surface area contributed by atoms with E-state index in [9.17, 15) is 9.59 Å². The Morgan fingerprint density at radius 2 is 1.70 bits per heavy atom. The van der Waals surface area contributed by atoms with Crippen molar-refractivity contribution in [2.24, 2.45) is 0 Å². The van der Waals surface area contributed by atoms with E-state index in [0.717, 1.165) is 42.9 Å². The van der Waals surface area contributed by atoms with Crippen LogP contribution in [0.3, 0.4) is 0 Å². The highest BCUT2D eigenvalue weighted by Crippen LogP contribution is 2.35. The molecule has 0 radical (unpaired) electrons. The lowest BCUT2D eigenvalue weighted by Crippen LogP contribution is -2.27. The summed E-state index contributed by atoms with van der Waals surface area (Å²) >= 11 is 9.39. The van der Waals surface area contributed by atoms with Gasteiger partial charge in [-0.05, 0) is 81.9 Å². The molecule has 164 valence electrons. The van der Waals surface area contributed by atoms with Crippen LogP contribution in [0.1, 0.15) is 16.7 Å². The molecule has 1 aromatic heterocycles. The van der Waals surface area contributed by atoms with E-state index < -0.39 is 0 Å². The third kappa shape index (κ3) is 4.74. The van der Waals surface area contributed by atoms with Crippen LogP contribution in [0.4, 0.5) is 4.79 Å². The van der Waals surface area contributed by atoms with Gasteiger partial charge in [-0.1, -0.05) is 54.1 Å². The molecular formula is C26H18ClIN2O2S. The zero-order valence-electron chi connectivity index (χ0n) is 17.4. The van der Waals surface area contributed by atoms with Gasteiger partial charge in [-0.2, -0.15) is 0 Å². The van der Waals surface area contributed by atoms with Crippen LogP contribution in [0.5, 0.6) is 0 Å². The van der Waals surface area contributed by atoms with Crippen molar-refractivity contribution in [2.75, 3.05) is 0 Å². The van der Waals surface area contributed by atoms with Crippen LogP contribution < -0.4 is 0 Å². The summed E-state index contributed by atoms with van der Waals surface area (Å²) in [5.74, 6) is -0.254. The van der Waals surface area contributed by atoms with Gasteiger partial charge in [0.05, 0.1) is 11.4 Å². The number of fused-ring (bicyclic) bond motifs is 1. The maximum absolute atomic E-state index is 13.1. The summed E-state index contributed by atoms with van der Waals surface area (Å²) < 4.78 is 3.25. The zero-order chi connectivity index (χ0) is 22.9. The SMILES string of the molecule is O=C1S/C(=C\c2cn(Cc3cccc(Cl)c3)c3ccccc23)C(=O)N1Cc1ccc(I)cc1. The number of benzene rings is 3. The van der Waals surface area contributed by atoms with Gasteiger partial charge >= 0.3 is 0 Å². The van der Waals surface area contributed by atoms with Crippen LogP contribution >= 0.6 is 46.0 Å². The molecule has 1 fully saturated rings. The molecule has 1 aliphatic heterocycles. The summed E-state index contributed by atoms with van der Waals surface area (Å²) in [4.78, 5) is 27.4.